The first-order chi connectivity index (χ1) is 9.04. The summed E-state index contributed by atoms with van der Waals surface area (Å²) < 4.78 is 0.508. The van der Waals surface area contributed by atoms with Crippen LogP contribution in [0.5, 0.6) is 0 Å². The van der Waals surface area contributed by atoms with Crippen molar-refractivity contribution in [2.75, 3.05) is 6.54 Å². The Morgan fingerprint density at radius 3 is 2.95 bits per heavy atom. The molecule has 0 radical (unpaired) electrons. The molecule has 0 spiro atoms. The Labute approximate surface area is 120 Å². The van der Waals surface area contributed by atoms with Crippen molar-refractivity contribution >= 4 is 34.8 Å². The van der Waals surface area contributed by atoms with E-state index in [9.17, 15) is 14.7 Å². The third kappa shape index (κ3) is 2.90. The van der Waals surface area contributed by atoms with Crippen LogP contribution >= 0.6 is 22.9 Å². The molecule has 1 aliphatic rings. The quantitative estimate of drug-likeness (QED) is 0.928. The average molecular weight is 303 g/mol. The monoisotopic (exact) mass is 302 g/mol. The Kier molecular flexibility index (Phi) is 4.42. The molecular weight excluding hydrogens is 288 g/mol. The van der Waals surface area contributed by atoms with Gasteiger partial charge in [0.15, 0.2) is 0 Å². The summed E-state index contributed by atoms with van der Waals surface area (Å²) in [6, 6.07) is -0.490. The van der Waals surface area contributed by atoms with Crippen LogP contribution in [-0.4, -0.2) is 33.4 Å². The van der Waals surface area contributed by atoms with Gasteiger partial charge in [-0.1, -0.05) is 18.5 Å². The van der Waals surface area contributed by atoms with Gasteiger partial charge in [-0.3, -0.25) is 9.59 Å². The number of thiazole rings is 1. The van der Waals surface area contributed by atoms with E-state index in [0.29, 0.717) is 22.3 Å². The molecule has 7 heteroatoms. The minimum absolute atomic E-state index is 0.00401. The molecule has 1 N–H and O–H groups in total. The maximum atomic E-state index is 12.0. The number of piperidine rings is 1. The molecule has 0 aromatic carbocycles. The SMILES string of the molecule is CCCN1C(=O)CCC(C(=O)O)C1c1ncc(Cl)s1. The Morgan fingerprint density at radius 2 is 2.42 bits per heavy atom. The van der Waals surface area contributed by atoms with Gasteiger partial charge in [0.25, 0.3) is 0 Å². The Hall–Kier alpha value is -1.14. The highest BCUT2D eigenvalue weighted by Gasteiger charge is 2.41. The lowest BCUT2D eigenvalue weighted by molar-refractivity contribution is -0.152. The Bertz CT molecular complexity index is 491. The molecule has 2 heterocycles. The van der Waals surface area contributed by atoms with Gasteiger partial charge in [-0.05, 0) is 12.8 Å². The van der Waals surface area contributed by atoms with E-state index < -0.39 is 17.9 Å². The van der Waals surface area contributed by atoms with Crippen LogP contribution in [0.3, 0.4) is 0 Å². The van der Waals surface area contributed by atoms with E-state index in [0.717, 1.165) is 6.42 Å². The van der Waals surface area contributed by atoms with Gasteiger partial charge in [0, 0.05) is 13.0 Å². The fourth-order valence-corrected chi connectivity index (χ4v) is 3.53. The maximum absolute atomic E-state index is 12.0. The number of carboxylic acid groups (broad SMARTS) is 1. The Balaban J connectivity index is 2.37. The van der Waals surface area contributed by atoms with Crippen LogP contribution in [0.25, 0.3) is 0 Å². The maximum Gasteiger partial charge on any atom is 0.309 e. The summed E-state index contributed by atoms with van der Waals surface area (Å²) in [5.74, 6) is -1.49. The van der Waals surface area contributed by atoms with Gasteiger partial charge >= 0.3 is 5.97 Å². The van der Waals surface area contributed by atoms with Crippen molar-refractivity contribution in [2.45, 2.75) is 32.2 Å². The molecule has 104 valence electrons. The second-order valence-corrected chi connectivity index (χ2v) is 6.21. The van der Waals surface area contributed by atoms with Crippen LogP contribution in [0.2, 0.25) is 4.34 Å². The van der Waals surface area contributed by atoms with Crippen LogP contribution in [0, 0.1) is 5.92 Å². The summed E-state index contributed by atoms with van der Waals surface area (Å²) in [5, 5.41) is 9.97. The predicted octanol–water partition coefficient (Wildman–Crippen LogP) is 2.57. The van der Waals surface area contributed by atoms with Gasteiger partial charge < -0.3 is 10.0 Å². The van der Waals surface area contributed by atoms with Gasteiger partial charge in [0.1, 0.15) is 9.34 Å². The summed E-state index contributed by atoms with van der Waals surface area (Å²) in [6.45, 7) is 2.51. The second kappa shape index (κ2) is 5.88. The van der Waals surface area contributed by atoms with Crippen molar-refractivity contribution in [2.24, 2.45) is 5.92 Å². The zero-order valence-electron chi connectivity index (χ0n) is 10.5. The van der Waals surface area contributed by atoms with Gasteiger partial charge in [0.2, 0.25) is 5.91 Å². The molecule has 1 aromatic rings. The minimum Gasteiger partial charge on any atom is -0.481 e. The molecule has 19 heavy (non-hydrogen) atoms. The third-order valence-corrected chi connectivity index (χ3v) is 4.42. The molecule has 0 saturated carbocycles. The lowest BCUT2D eigenvalue weighted by Crippen LogP contribution is -2.45. The Morgan fingerprint density at radius 1 is 1.68 bits per heavy atom. The number of aromatic nitrogens is 1. The number of carbonyl (C=O) groups is 2. The highest BCUT2D eigenvalue weighted by Crippen LogP contribution is 2.39. The summed E-state index contributed by atoms with van der Waals surface area (Å²) in [6.07, 6.45) is 2.93. The standard InChI is InChI=1S/C12H15ClN2O3S/c1-2-5-15-9(16)4-3-7(12(17)18)10(15)11-14-6-8(13)19-11/h6-7,10H,2-5H2,1H3,(H,17,18). The number of amides is 1. The number of aliphatic carboxylic acids is 1. The van der Waals surface area contributed by atoms with E-state index in [2.05, 4.69) is 4.98 Å². The predicted molar refractivity (Wildman–Crippen MR) is 72.2 cm³/mol. The number of carboxylic acids is 1. The smallest absolute Gasteiger partial charge is 0.309 e. The minimum atomic E-state index is -0.884. The lowest BCUT2D eigenvalue weighted by Gasteiger charge is -2.38. The van der Waals surface area contributed by atoms with Gasteiger partial charge in [-0.15, -0.1) is 11.3 Å². The molecule has 1 aromatic heterocycles. The average Bonchev–Trinajstić information content (AvgIpc) is 2.78. The molecule has 1 aliphatic heterocycles. The highest BCUT2D eigenvalue weighted by molar-refractivity contribution is 7.15. The summed E-state index contributed by atoms with van der Waals surface area (Å²) in [4.78, 5) is 29.2. The van der Waals surface area contributed by atoms with Crippen molar-refractivity contribution in [1.82, 2.24) is 9.88 Å². The van der Waals surface area contributed by atoms with E-state index >= 15 is 0 Å². The summed E-state index contributed by atoms with van der Waals surface area (Å²) in [7, 11) is 0. The normalized spacial score (nSPS) is 23.7. The summed E-state index contributed by atoms with van der Waals surface area (Å²) in [5.41, 5.74) is 0. The zero-order chi connectivity index (χ0) is 14.0. The molecular formula is C12H15ClN2O3S. The van der Waals surface area contributed by atoms with Crippen LogP contribution in [0.1, 0.15) is 37.2 Å². The molecule has 1 saturated heterocycles. The number of halogens is 1. The van der Waals surface area contributed by atoms with Crippen LogP contribution in [0.4, 0.5) is 0 Å². The number of nitrogens with zero attached hydrogens (tertiary/aromatic N) is 2. The summed E-state index contributed by atoms with van der Waals surface area (Å²) >= 11 is 7.12. The van der Waals surface area contributed by atoms with Crippen LogP contribution in [0.15, 0.2) is 6.20 Å². The molecule has 2 atom stereocenters. The number of hydrogen-bond acceptors (Lipinski definition) is 4. The molecule has 1 amide bonds. The molecule has 2 unspecified atom stereocenters. The first kappa shape index (κ1) is 14.3. The van der Waals surface area contributed by atoms with E-state index in [4.69, 9.17) is 11.6 Å². The van der Waals surface area contributed by atoms with Gasteiger partial charge in [0.05, 0.1) is 18.2 Å². The zero-order valence-corrected chi connectivity index (χ0v) is 12.1. The fraction of sp³-hybridized carbons (Fsp3) is 0.583. The number of rotatable bonds is 4. The van der Waals surface area contributed by atoms with Gasteiger partial charge in [-0.25, -0.2) is 4.98 Å². The van der Waals surface area contributed by atoms with Crippen molar-refractivity contribution in [1.29, 1.82) is 0 Å². The first-order valence-electron chi connectivity index (χ1n) is 6.18. The van der Waals surface area contributed by atoms with Crippen LogP contribution in [-0.2, 0) is 9.59 Å². The topological polar surface area (TPSA) is 70.5 Å². The fourth-order valence-electron chi connectivity index (χ4n) is 2.43. The van der Waals surface area contributed by atoms with Gasteiger partial charge in [-0.2, -0.15) is 0 Å². The lowest BCUT2D eigenvalue weighted by atomic mass is 9.89. The molecule has 5 nitrogen and oxygen atoms in total. The largest absolute Gasteiger partial charge is 0.481 e. The number of carbonyl (C=O) groups excluding carboxylic acids is 1. The van der Waals surface area contributed by atoms with E-state index in [1.807, 2.05) is 6.92 Å². The first-order valence-corrected chi connectivity index (χ1v) is 7.37. The number of hydrogen-bond donors (Lipinski definition) is 1. The van der Waals surface area contributed by atoms with E-state index in [-0.39, 0.29) is 12.3 Å². The number of likely N-dealkylation sites (tertiary alicyclic amines) is 1. The van der Waals surface area contributed by atoms with Crippen LogP contribution < -0.4 is 0 Å². The highest BCUT2D eigenvalue weighted by atomic mass is 35.5. The van der Waals surface area contributed by atoms with Crippen molar-refractivity contribution in [3.05, 3.63) is 15.5 Å². The van der Waals surface area contributed by atoms with Crippen molar-refractivity contribution in [3.63, 3.8) is 0 Å². The van der Waals surface area contributed by atoms with Crippen molar-refractivity contribution < 1.29 is 14.7 Å². The molecule has 2 rings (SSSR count). The third-order valence-electron chi connectivity index (χ3n) is 3.24. The van der Waals surface area contributed by atoms with E-state index in [1.165, 1.54) is 17.5 Å². The van der Waals surface area contributed by atoms with Crippen molar-refractivity contribution in [3.8, 4) is 0 Å². The van der Waals surface area contributed by atoms with E-state index in [1.54, 1.807) is 4.90 Å². The molecule has 0 bridgehead atoms. The molecule has 1 fully saturated rings. The molecule has 0 aliphatic carbocycles. The second-order valence-electron chi connectivity index (χ2n) is 4.52.